The molecule has 1 atom stereocenters. The molecule has 4 aromatic carbocycles. The largest absolute Gasteiger partial charge is 0.494 e. The van der Waals surface area contributed by atoms with Gasteiger partial charge in [0, 0.05) is 55.2 Å². The number of ether oxygens (including phenoxy) is 3. The number of aromatic nitrogens is 2. The molecule has 0 bridgehead atoms. The Labute approximate surface area is 308 Å². The SMILES string of the molecule is COc1cc(-n2c(N(C)c3ccc(OC)c(OC)c3)cnc2SCc2c(F)cc(-c3ccc(CNC(CC(=O)O)CC(O)O)cc3)cc2F)ccc1F. The smallest absolute Gasteiger partial charge is 0.304 e. The van der Waals surface area contributed by atoms with Gasteiger partial charge in [0.2, 0.25) is 0 Å². The molecule has 15 heteroatoms. The van der Waals surface area contributed by atoms with Crippen molar-refractivity contribution < 1.29 is 47.5 Å². The summed E-state index contributed by atoms with van der Waals surface area (Å²) in [4.78, 5) is 17.5. The highest BCUT2D eigenvalue weighted by Crippen LogP contribution is 2.38. The van der Waals surface area contributed by atoms with E-state index in [1.54, 1.807) is 53.2 Å². The van der Waals surface area contributed by atoms with Crippen LogP contribution < -0.4 is 24.4 Å². The third kappa shape index (κ3) is 9.42. The fourth-order valence-corrected chi connectivity index (χ4v) is 6.69. The Kier molecular flexibility index (Phi) is 12.9. The van der Waals surface area contributed by atoms with Crippen LogP contribution in [0.15, 0.2) is 84.1 Å². The van der Waals surface area contributed by atoms with E-state index in [9.17, 15) is 19.4 Å². The Hall–Kier alpha value is -5.22. The molecule has 1 aromatic heterocycles. The first-order chi connectivity index (χ1) is 25.4. The molecular weight excluding hydrogens is 714 g/mol. The molecule has 280 valence electrons. The second kappa shape index (κ2) is 17.5. The van der Waals surface area contributed by atoms with E-state index in [0.717, 1.165) is 23.0 Å². The molecule has 5 aromatic rings. The Morgan fingerprint density at radius 2 is 1.55 bits per heavy atom. The number of carboxylic acids is 1. The van der Waals surface area contributed by atoms with Crippen LogP contribution in [0.5, 0.6) is 17.2 Å². The number of rotatable bonds is 17. The second-order valence-corrected chi connectivity index (χ2v) is 12.9. The lowest BCUT2D eigenvalue weighted by Gasteiger charge is -2.23. The van der Waals surface area contributed by atoms with Crippen molar-refractivity contribution in [1.82, 2.24) is 14.9 Å². The molecular formula is C38H39F3N4O7S. The average Bonchev–Trinajstić information content (AvgIpc) is 3.56. The molecule has 0 spiro atoms. The van der Waals surface area contributed by atoms with Crippen LogP contribution in [0.3, 0.4) is 0 Å². The van der Waals surface area contributed by atoms with Gasteiger partial charge in [0.25, 0.3) is 0 Å². The van der Waals surface area contributed by atoms with Crippen molar-refractivity contribution >= 4 is 29.2 Å². The van der Waals surface area contributed by atoms with Gasteiger partial charge >= 0.3 is 5.97 Å². The van der Waals surface area contributed by atoms with Crippen LogP contribution in [0.4, 0.5) is 24.7 Å². The number of nitrogens with one attached hydrogen (secondary N) is 1. The molecule has 0 aliphatic heterocycles. The number of aliphatic hydroxyl groups excluding tert-OH is 1. The highest BCUT2D eigenvalue weighted by Gasteiger charge is 2.22. The lowest BCUT2D eigenvalue weighted by atomic mass is 10.0. The number of imidazole rings is 1. The van der Waals surface area contributed by atoms with Crippen molar-refractivity contribution in [3.05, 3.63) is 108 Å². The van der Waals surface area contributed by atoms with Crippen molar-refractivity contribution in [3.8, 4) is 34.1 Å². The quantitative estimate of drug-likeness (QED) is 0.0598. The molecule has 1 heterocycles. The summed E-state index contributed by atoms with van der Waals surface area (Å²) < 4.78 is 63.4. The van der Waals surface area contributed by atoms with Crippen molar-refractivity contribution in [2.24, 2.45) is 0 Å². The normalized spacial score (nSPS) is 11.8. The van der Waals surface area contributed by atoms with Crippen LogP contribution in [0.25, 0.3) is 16.8 Å². The Morgan fingerprint density at radius 1 is 0.868 bits per heavy atom. The molecule has 0 aliphatic rings. The van der Waals surface area contributed by atoms with Gasteiger partial charge in [-0.15, -0.1) is 0 Å². The number of aliphatic hydroxyl groups is 2. The summed E-state index contributed by atoms with van der Waals surface area (Å²) in [6.45, 7) is 0.246. The molecule has 0 amide bonds. The minimum absolute atomic E-state index is 0.00718. The van der Waals surface area contributed by atoms with Crippen LogP contribution in [0.2, 0.25) is 0 Å². The van der Waals surface area contributed by atoms with Gasteiger partial charge in [0.1, 0.15) is 17.5 Å². The number of halogens is 3. The van der Waals surface area contributed by atoms with E-state index in [1.165, 1.54) is 45.6 Å². The van der Waals surface area contributed by atoms with Gasteiger partial charge in [0.05, 0.1) is 39.6 Å². The molecule has 0 saturated heterocycles. The number of carboxylic acid groups (broad SMARTS) is 1. The van der Waals surface area contributed by atoms with E-state index in [0.29, 0.717) is 39.3 Å². The van der Waals surface area contributed by atoms with E-state index in [2.05, 4.69) is 10.3 Å². The Bertz CT molecular complexity index is 2020. The molecule has 0 aliphatic carbocycles. The summed E-state index contributed by atoms with van der Waals surface area (Å²) >= 11 is 1.10. The van der Waals surface area contributed by atoms with Gasteiger partial charge < -0.3 is 39.7 Å². The Morgan fingerprint density at radius 3 is 2.17 bits per heavy atom. The van der Waals surface area contributed by atoms with Crippen LogP contribution in [0.1, 0.15) is 24.0 Å². The van der Waals surface area contributed by atoms with Crippen LogP contribution in [-0.4, -0.2) is 71.5 Å². The monoisotopic (exact) mass is 752 g/mol. The first-order valence-corrected chi connectivity index (χ1v) is 17.3. The minimum Gasteiger partial charge on any atom is -0.494 e. The van der Waals surface area contributed by atoms with Crippen molar-refractivity contribution in [1.29, 1.82) is 0 Å². The van der Waals surface area contributed by atoms with Gasteiger partial charge in [-0.2, -0.15) is 0 Å². The second-order valence-electron chi connectivity index (χ2n) is 11.9. The third-order valence-electron chi connectivity index (χ3n) is 8.49. The number of thioether (sulfide) groups is 1. The molecule has 53 heavy (non-hydrogen) atoms. The van der Waals surface area contributed by atoms with Crippen molar-refractivity contribution in [2.75, 3.05) is 33.3 Å². The van der Waals surface area contributed by atoms with E-state index in [1.807, 2.05) is 18.0 Å². The number of hydrogen-bond acceptors (Lipinski definition) is 10. The van der Waals surface area contributed by atoms with Gasteiger partial charge in [0.15, 0.2) is 34.5 Å². The van der Waals surface area contributed by atoms with Gasteiger partial charge in [-0.1, -0.05) is 36.0 Å². The summed E-state index contributed by atoms with van der Waals surface area (Å²) in [6, 6.07) is 18.4. The van der Waals surface area contributed by atoms with Gasteiger partial charge in [-0.25, -0.2) is 18.2 Å². The highest BCUT2D eigenvalue weighted by atomic mass is 32.2. The third-order valence-corrected chi connectivity index (χ3v) is 9.47. The fourth-order valence-electron chi connectivity index (χ4n) is 5.69. The number of methoxy groups -OCH3 is 3. The summed E-state index contributed by atoms with van der Waals surface area (Å²) in [5.41, 5.74) is 2.70. The lowest BCUT2D eigenvalue weighted by Crippen LogP contribution is -2.34. The standard InChI is InChI=1S/C38H39F3N4O7S/c1-44(26-10-12-32(50-2)34(17-26)52-4)35-20-43-38(45(35)27-9-11-29(39)33(18-27)51-3)53-21-28-30(40)13-24(14-31(28)41)23-7-5-22(6-8-23)19-42-25(15-36(46)47)16-37(48)49/h5-14,17-18,20,25,36,42,46-47H,15-16,19,21H2,1-4H3,(H,48,49). The summed E-state index contributed by atoms with van der Waals surface area (Å²) in [7, 11) is 6.24. The molecule has 0 saturated carbocycles. The van der Waals surface area contributed by atoms with Gasteiger partial charge in [-0.3, -0.25) is 9.36 Å². The predicted octanol–water partition coefficient (Wildman–Crippen LogP) is 6.68. The molecule has 0 fully saturated rings. The summed E-state index contributed by atoms with van der Waals surface area (Å²) in [5.74, 6) is -1.63. The fraction of sp³-hybridized carbons (Fsp3) is 0.263. The lowest BCUT2D eigenvalue weighted by molar-refractivity contribution is -0.138. The van der Waals surface area contributed by atoms with Crippen LogP contribution >= 0.6 is 11.8 Å². The first-order valence-electron chi connectivity index (χ1n) is 16.3. The first kappa shape index (κ1) is 39.0. The van der Waals surface area contributed by atoms with Crippen molar-refractivity contribution in [2.45, 2.75) is 42.6 Å². The zero-order valence-electron chi connectivity index (χ0n) is 29.3. The maximum Gasteiger partial charge on any atom is 0.304 e. The highest BCUT2D eigenvalue weighted by molar-refractivity contribution is 7.98. The summed E-state index contributed by atoms with van der Waals surface area (Å²) in [6.07, 6.45) is -0.505. The maximum atomic E-state index is 15.6. The molecule has 5 rings (SSSR count). The van der Waals surface area contributed by atoms with Crippen molar-refractivity contribution in [3.63, 3.8) is 0 Å². The van der Waals surface area contributed by atoms with E-state index >= 15 is 8.78 Å². The number of aliphatic carboxylic acids is 1. The zero-order chi connectivity index (χ0) is 38.2. The zero-order valence-corrected chi connectivity index (χ0v) is 30.2. The summed E-state index contributed by atoms with van der Waals surface area (Å²) in [5, 5.41) is 31.0. The Balaban J connectivity index is 1.38. The number of anilines is 2. The van der Waals surface area contributed by atoms with Crippen LogP contribution in [-0.2, 0) is 17.1 Å². The maximum absolute atomic E-state index is 15.6. The number of benzene rings is 4. The molecule has 0 radical (unpaired) electrons. The molecule has 1 unspecified atom stereocenters. The van der Waals surface area contributed by atoms with Gasteiger partial charge in [-0.05, 0) is 53.1 Å². The average molecular weight is 753 g/mol. The van der Waals surface area contributed by atoms with Crippen LogP contribution in [0, 0.1) is 17.5 Å². The number of nitrogens with zero attached hydrogens (tertiary/aromatic N) is 3. The van der Waals surface area contributed by atoms with E-state index in [4.69, 9.17) is 19.3 Å². The number of hydrogen-bond donors (Lipinski definition) is 4. The van der Waals surface area contributed by atoms with E-state index in [-0.39, 0.29) is 36.5 Å². The number of carbonyl (C=O) groups is 1. The van der Waals surface area contributed by atoms with E-state index < -0.39 is 35.8 Å². The predicted molar refractivity (Wildman–Crippen MR) is 195 cm³/mol. The minimum atomic E-state index is -1.66. The topological polar surface area (TPSA) is 139 Å². The molecule has 11 nitrogen and oxygen atoms in total. The molecule has 4 N–H and O–H groups in total.